The van der Waals surface area contributed by atoms with E-state index in [-0.39, 0.29) is 11.1 Å². The molecular weight excluding hydrogens is 204 g/mol. The van der Waals surface area contributed by atoms with Crippen LogP contribution in [-0.2, 0) is 0 Å². The van der Waals surface area contributed by atoms with Gasteiger partial charge in [0, 0.05) is 22.7 Å². The molecule has 3 nitrogen and oxygen atoms in total. The largest absolute Gasteiger partial charge is 0.478 e. The molecule has 1 aromatic carbocycles. The molecule has 0 amide bonds. The van der Waals surface area contributed by atoms with Crippen molar-refractivity contribution in [2.75, 3.05) is 0 Å². The fourth-order valence-electron chi connectivity index (χ4n) is 1.46. The summed E-state index contributed by atoms with van der Waals surface area (Å²) in [4.78, 5) is 13.2. The number of H-pyrrole nitrogens is 1. The molecule has 0 bridgehead atoms. The summed E-state index contributed by atoms with van der Waals surface area (Å²) in [5.74, 6) is -1.08. The number of carboxylic acid groups (broad SMARTS) is 1. The lowest BCUT2D eigenvalue weighted by Gasteiger charge is -1.97. The summed E-state index contributed by atoms with van der Waals surface area (Å²) in [5.41, 5.74) is 0.373. The van der Waals surface area contributed by atoms with Crippen LogP contribution in [0.1, 0.15) is 22.3 Å². The molecule has 0 aliphatic heterocycles. The molecule has 0 unspecified atom stereocenters. The van der Waals surface area contributed by atoms with E-state index in [1.807, 2.05) is 0 Å². The van der Waals surface area contributed by atoms with Crippen molar-refractivity contribution in [3.05, 3.63) is 35.5 Å². The molecule has 0 saturated heterocycles. The molecule has 0 aliphatic carbocycles. The number of carbonyl (C=O) groups is 1. The van der Waals surface area contributed by atoms with Crippen LogP contribution in [0, 0.1) is 0 Å². The van der Waals surface area contributed by atoms with Gasteiger partial charge in [0.25, 0.3) is 6.43 Å². The van der Waals surface area contributed by atoms with Crippen LogP contribution in [0.25, 0.3) is 10.9 Å². The van der Waals surface area contributed by atoms with Crippen LogP contribution in [0.3, 0.4) is 0 Å². The van der Waals surface area contributed by atoms with Crippen LogP contribution in [0.5, 0.6) is 0 Å². The van der Waals surface area contributed by atoms with Gasteiger partial charge in [0.2, 0.25) is 0 Å². The van der Waals surface area contributed by atoms with E-state index in [1.165, 1.54) is 24.4 Å². The molecule has 2 aromatic rings. The first-order valence-electron chi connectivity index (χ1n) is 4.22. The Morgan fingerprint density at radius 2 is 2.13 bits per heavy atom. The molecule has 2 rings (SSSR count). The van der Waals surface area contributed by atoms with Gasteiger partial charge in [0.15, 0.2) is 0 Å². The monoisotopic (exact) mass is 211 g/mol. The molecule has 1 aromatic heterocycles. The minimum Gasteiger partial charge on any atom is -0.478 e. The second-order valence-electron chi connectivity index (χ2n) is 3.11. The van der Waals surface area contributed by atoms with Crippen LogP contribution < -0.4 is 0 Å². The number of hydrogen-bond donors (Lipinski definition) is 2. The third kappa shape index (κ3) is 1.56. The highest BCUT2D eigenvalue weighted by Crippen LogP contribution is 2.27. The lowest BCUT2D eigenvalue weighted by atomic mass is 10.1. The van der Waals surface area contributed by atoms with Crippen molar-refractivity contribution in [3.8, 4) is 0 Å². The number of halogens is 2. The number of aromatic nitrogens is 1. The van der Waals surface area contributed by atoms with Crippen molar-refractivity contribution in [3.63, 3.8) is 0 Å². The SMILES string of the molecule is O=C(O)c1ccc2c(C(F)F)c[nH]c2c1. The first-order valence-corrected chi connectivity index (χ1v) is 4.22. The van der Waals surface area contributed by atoms with Crippen molar-refractivity contribution < 1.29 is 18.7 Å². The van der Waals surface area contributed by atoms with Crippen LogP contribution >= 0.6 is 0 Å². The number of benzene rings is 1. The summed E-state index contributed by atoms with van der Waals surface area (Å²) in [6.07, 6.45) is -1.37. The zero-order valence-electron chi connectivity index (χ0n) is 7.50. The average molecular weight is 211 g/mol. The van der Waals surface area contributed by atoms with Crippen LogP contribution in [0.4, 0.5) is 8.78 Å². The molecule has 0 saturated carbocycles. The van der Waals surface area contributed by atoms with E-state index in [4.69, 9.17) is 5.11 Å². The number of rotatable bonds is 2. The minimum atomic E-state index is -2.56. The van der Waals surface area contributed by atoms with Gasteiger partial charge in [-0.25, -0.2) is 13.6 Å². The van der Waals surface area contributed by atoms with E-state index in [0.717, 1.165) is 0 Å². The Kier molecular flexibility index (Phi) is 2.15. The predicted octanol–water partition coefficient (Wildman–Crippen LogP) is 2.80. The smallest absolute Gasteiger partial charge is 0.335 e. The summed E-state index contributed by atoms with van der Waals surface area (Å²) < 4.78 is 24.9. The quantitative estimate of drug-likeness (QED) is 0.802. The predicted molar refractivity (Wildman–Crippen MR) is 50.2 cm³/mol. The van der Waals surface area contributed by atoms with Gasteiger partial charge in [-0.3, -0.25) is 0 Å². The number of aromatic amines is 1. The lowest BCUT2D eigenvalue weighted by Crippen LogP contribution is -1.95. The highest BCUT2D eigenvalue weighted by molar-refractivity contribution is 5.94. The number of nitrogens with one attached hydrogen (secondary N) is 1. The number of aromatic carboxylic acids is 1. The van der Waals surface area contributed by atoms with Crippen molar-refractivity contribution in [1.29, 1.82) is 0 Å². The van der Waals surface area contributed by atoms with Gasteiger partial charge in [0.1, 0.15) is 0 Å². The molecule has 1 heterocycles. The Morgan fingerprint density at radius 3 is 2.73 bits per heavy atom. The second kappa shape index (κ2) is 3.34. The Balaban J connectivity index is 2.61. The molecular formula is C10H7F2NO2. The van der Waals surface area contributed by atoms with Crippen LogP contribution in [0.15, 0.2) is 24.4 Å². The number of carboxylic acids is 1. The summed E-state index contributed by atoms with van der Waals surface area (Å²) in [5, 5.41) is 9.05. The third-order valence-corrected chi connectivity index (χ3v) is 2.20. The minimum absolute atomic E-state index is 0.0742. The van der Waals surface area contributed by atoms with Gasteiger partial charge in [-0.05, 0) is 12.1 Å². The van der Waals surface area contributed by atoms with Crippen LogP contribution in [-0.4, -0.2) is 16.1 Å². The van der Waals surface area contributed by atoms with E-state index >= 15 is 0 Å². The standard InChI is InChI=1S/C10H7F2NO2/c11-9(12)7-4-13-8-3-5(10(14)15)1-2-6(7)8/h1-4,9,13H,(H,14,15). The normalized spacial score (nSPS) is 11.1. The maximum Gasteiger partial charge on any atom is 0.335 e. The molecule has 0 atom stereocenters. The van der Waals surface area contributed by atoms with Gasteiger partial charge < -0.3 is 10.1 Å². The molecule has 2 N–H and O–H groups in total. The van der Waals surface area contributed by atoms with Gasteiger partial charge in [-0.2, -0.15) is 0 Å². The molecule has 0 radical (unpaired) electrons. The van der Waals surface area contributed by atoms with Crippen molar-refractivity contribution in [2.24, 2.45) is 0 Å². The molecule has 15 heavy (non-hydrogen) atoms. The molecule has 0 aliphatic rings. The summed E-state index contributed by atoms with van der Waals surface area (Å²) >= 11 is 0. The molecule has 5 heteroatoms. The fraction of sp³-hybridized carbons (Fsp3) is 0.100. The maximum atomic E-state index is 12.5. The second-order valence-corrected chi connectivity index (χ2v) is 3.11. The Bertz CT molecular complexity index is 519. The summed E-state index contributed by atoms with van der Waals surface area (Å²) in [6.45, 7) is 0. The number of alkyl halides is 2. The van der Waals surface area contributed by atoms with Crippen LogP contribution in [0.2, 0.25) is 0 Å². The Hall–Kier alpha value is -1.91. The lowest BCUT2D eigenvalue weighted by molar-refractivity contribution is 0.0697. The summed E-state index contributed by atoms with van der Waals surface area (Å²) in [6, 6.07) is 4.03. The van der Waals surface area contributed by atoms with Gasteiger partial charge >= 0.3 is 5.97 Å². The first-order chi connectivity index (χ1) is 7.09. The molecule has 0 fully saturated rings. The first kappa shape index (κ1) is 9.64. The summed E-state index contributed by atoms with van der Waals surface area (Å²) in [7, 11) is 0. The van der Waals surface area contributed by atoms with Gasteiger partial charge in [-0.1, -0.05) is 6.07 Å². The average Bonchev–Trinajstić information content (AvgIpc) is 2.59. The van der Waals surface area contributed by atoms with Crippen molar-refractivity contribution >= 4 is 16.9 Å². The molecule has 78 valence electrons. The Morgan fingerprint density at radius 1 is 1.40 bits per heavy atom. The van der Waals surface area contributed by atoms with E-state index in [0.29, 0.717) is 10.9 Å². The van der Waals surface area contributed by atoms with E-state index in [1.54, 1.807) is 0 Å². The highest BCUT2D eigenvalue weighted by atomic mass is 19.3. The number of hydrogen-bond acceptors (Lipinski definition) is 1. The van der Waals surface area contributed by atoms with Crippen molar-refractivity contribution in [2.45, 2.75) is 6.43 Å². The van der Waals surface area contributed by atoms with E-state index in [2.05, 4.69) is 4.98 Å². The van der Waals surface area contributed by atoms with E-state index in [9.17, 15) is 13.6 Å². The topological polar surface area (TPSA) is 53.1 Å². The highest BCUT2D eigenvalue weighted by Gasteiger charge is 2.14. The number of fused-ring (bicyclic) bond motifs is 1. The maximum absolute atomic E-state index is 12.5. The zero-order valence-corrected chi connectivity index (χ0v) is 7.50. The van der Waals surface area contributed by atoms with E-state index < -0.39 is 12.4 Å². The fourth-order valence-corrected chi connectivity index (χ4v) is 1.46. The Labute approximate surface area is 83.3 Å². The van der Waals surface area contributed by atoms with Crippen molar-refractivity contribution in [1.82, 2.24) is 4.98 Å². The zero-order chi connectivity index (χ0) is 11.0. The molecule has 0 spiro atoms. The third-order valence-electron chi connectivity index (χ3n) is 2.20. The van der Waals surface area contributed by atoms with Gasteiger partial charge in [-0.15, -0.1) is 0 Å². The van der Waals surface area contributed by atoms with Gasteiger partial charge in [0.05, 0.1) is 5.56 Å².